The molecule has 0 N–H and O–H groups in total. The maximum Gasteiger partial charge on any atom is -0.0648 e. The molecular formula is C47H48Cl2Zr-4. The van der Waals surface area contributed by atoms with Crippen LogP contribution in [0.4, 0.5) is 0 Å². The van der Waals surface area contributed by atoms with Gasteiger partial charge in [0.25, 0.3) is 0 Å². The molecule has 258 valence electrons. The topological polar surface area (TPSA) is 0 Å². The zero-order chi connectivity index (χ0) is 34.6. The van der Waals surface area contributed by atoms with E-state index in [0.29, 0.717) is 0 Å². The minimum atomic E-state index is 0. The number of hydrogen-bond donors (Lipinski definition) is 0. The summed E-state index contributed by atoms with van der Waals surface area (Å²) in [6.45, 7) is 13.6. The predicted molar refractivity (Wildman–Crippen MR) is 220 cm³/mol. The Balaban J connectivity index is 0.000000251. The fraction of sp³-hybridized carbons (Fsp3) is 0.213. The summed E-state index contributed by atoms with van der Waals surface area (Å²) in [6.07, 6.45) is 11.0. The summed E-state index contributed by atoms with van der Waals surface area (Å²) >= 11 is 1.30. The van der Waals surface area contributed by atoms with E-state index in [1.165, 1.54) is 79.2 Å². The maximum atomic E-state index is 3.67. The van der Waals surface area contributed by atoms with Crippen molar-refractivity contribution in [2.24, 2.45) is 0 Å². The molecule has 0 unspecified atom stereocenters. The van der Waals surface area contributed by atoms with E-state index in [2.05, 4.69) is 143 Å². The van der Waals surface area contributed by atoms with Gasteiger partial charge in [-0.25, -0.2) is 12.2 Å². The fourth-order valence-electron chi connectivity index (χ4n) is 5.51. The molecule has 50 heavy (non-hydrogen) atoms. The van der Waals surface area contributed by atoms with Gasteiger partial charge in [-0.05, 0) is 28.4 Å². The van der Waals surface area contributed by atoms with Crippen molar-refractivity contribution in [3.63, 3.8) is 0 Å². The summed E-state index contributed by atoms with van der Waals surface area (Å²) < 4.78 is 3.34. The van der Waals surface area contributed by atoms with E-state index in [-0.39, 0.29) is 35.6 Å². The average molecular weight is 775 g/mol. The molecule has 0 aliphatic heterocycles. The van der Waals surface area contributed by atoms with E-state index < -0.39 is 0 Å². The van der Waals surface area contributed by atoms with Gasteiger partial charge in [0.2, 0.25) is 0 Å². The monoisotopic (exact) mass is 772 g/mol. The second-order valence-corrected chi connectivity index (χ2v) is 13.9. The van der Waals surface area contributed by atoms with Crippen LogP contribution in [0.2, 0.25) is 0 Å². The summed E-state index contributed by atoms with van der Waals surface area (Å²) in [5.74, 6) is 0. The normalized spacial score (nSPS) is 11.7. The van der Waals surface area contributed by atoms with Crippen LogP contribution in [-0.4, -0.2) is 4.21 Å². The maximum absolute atomic E-state index is 3.67. The zero-order valence-corrected chi connectivity index (χ0v) is 34.2. The standard InChI is InChI=1S/C21H25.2C10H7.C5H5.CH2.2ClH.Zr/c1-20(2,3)16-7-9-18-14(12-16)11-15-13-17(21(4,5)6)8-10-19(15)18;2*1-2-6-10-8-4-3-7-9(10)5-1;1-2-4-5-3-1;;;;/h7-10,12H,11H2,1-6H3;2*1-3,5-8H;1-3H,4H2;1H2;2*1H;/q4*-1;;;;. The first-order chi connectivity index (χ1) is 23.1. The van der Waals surface area contributed by atoms with Crippen molar-refractivity contribution in [3.05, 3.63) is 180 Å². The van der Waals surface area contributed by atoms with Crippen molar-refractivity contribution in [2.45, 2.75) is 65.2 Å². The van der Waals surface area contributed by atoms with E-state index in [1.807, 2.05) is 60.7 Å². The smallest absolute Gasteiger partial charge is 0.0648 e. The van der Waals surface area contributed by atoms with E-state index in [0.717, 1.165) is 12.8 Å². The van der Waals surface area contributed by atoms with Crippen molar-refractivity contribution in [2.75, 3.05) is 0 Å². The van der Waals surface area contributed by atoms with E-state index in [4.69, 9.17) is 0 Å². The van der Waals surface area contributed by atoms with Crippen LogP contribution in [0.25, 0.3) is 32.7 Å². The Morgan fingerprint density at radius 1 is 0.620 bits per heavy atom. The van der Waals surface area contributed by atoms with Crippen LogP contribution in [0.1, 0.15) is 70.2 Å². The average Bonchev–Trinajstić information content (AvgIpc) is 3.81. The van der Waals surface area contributed by atoms with Gasteiger partial charge in [0, 0.05) is 0 Å². The summed E-state index contributed by atoms with van der Waals surface area (Å²) in [5.41, 5.74) is 8.70. The molecule has 0 saturated heterocycles. The van der Waals surface area contributed by atoms with Crippen molar-refractivity contribution >= 4 is 50.6 Å². The molecule has 0 atom stereocenters. The van der Waals surface area contributed by atoms with Crippen LogP contribution in [0.5, 0.6) is 0 Å². The molecule has 0 aromatic heterocycles. The largest absolute Gasteiger partial charge is 0.183 e. The zero-order valence-electron chi connectivity index (χ0n) is 30.1. The van der Waals surface area contributed by atoms with Gasteiger partial charge in [0.15, 0.2) is 0 Å². The minimum Gasteiger partial charge on any atom is -0.183 e. The molecule has 3 heteroatoms. The van der Waals surface area contributed by atoms with Gasteiger partial charge in [0.1, 0.15) is 0 Å². The molecule has 0 heterocycles. The second-order valence-electron chi connectivity index (χ2n) is 13.9. The van der Waals surface area contributed by atoms with Crippen molar-refractivity contribution in [1.29, 1.82) is 0 Å². The molecule has 6 aromatic rings. The molecule has 0 spiro atoms. The fourth-order valence-corrected chi connectivity index (χ4v) is 5.51. The molecule has 6 aromatic carbocycles. The van der Waals surface area contributed by atoms with Crippen molar-refractivity contribution < 1.29 is 24.2 Å². The number of hydrogen-bond acceptors (Lipinski definition) is 0. The SMILES string of the molecule is CC(C)(C)c1[c-]c2c(cc1)-c1ccc(C(C)(C)C)cc1C2.Cl.Cl.[C-]1=CC=CC1.[CH2]=[Zr].[c-]1ccc2ccccc2c1.[c-]1ccc2ccccc2c1. The molecule has 0 fully saturated rings. The molecule has 0 radical (unpaired) electrons. The molecule has 2 aliphatic rings. The van der Waals surface area contributed by atoms with Crippen LogP contribution in [0.3, 0.4) is 0 Å². The Morgan fingerprint density at radius 2 is 1.16 bits per heavy atom. The van der Waals surface area contributed by atoms with Crippen molar-refractivity contribution in [1.82, 2.24) is 0 Å². The van der Waals surface area contributed by atoms with Crippen LogP contribution in [-0.2, 0) is 41.5 Å². The van der Waals surface area contributed by atoms with Gasteiger partial charge < -0.3 is 0 Å². The van der Waals surface area contributed by atoms with E-state index in [9.17, 15) is 0 Å². The van der Waals surface area contributed by atoms with Gasteiger partial charge in [-0.15, -0.1) is 76.0 Å². The Hall–Kier alpha value is -3.35. The third-order valence-electron chi connectivity index (χ3n) is 8.24. The van der Waals surface area contributed by atoms with E-state index >= 15 is 0 Å². The van der Waals surface area contributed by atoms with Gasteiger partial charge in [0.05, 0.1) is 0 Å². The van der Waals surface area contributed by atoms with Gasteiger partial charge in [-0.3, -0.25) is 6.08 Å². The van der Waals surface area contributed by atoms with Crippen LogP contribution in [0, 0.1) is 24.3 Å². The third kappa shape index (κ3) is 12.2. The molecule has 0 bridgehead atoms. The molecule has 0 amide bonds. The summed E-state index contributed by atoms with van der Waals surface area (Å²) in [4.78, 5) is 0. The first-order valence-electron chi connectivity index (χ1n) is 16.6. The van der Waals surface area contributed by atoms with E-state index in [1.54, 1.807) is 0 Å². The second kappa shape index (κ2) is 20.5. The number of fused-ring (bicyclic) bond motifs is 5. The van der Waals surface area contributed by atoms with Crippen LogP contribution < -0.4 is 0 Å². The number of halogens is 2. The minimum absolute atomic E-state index is 0. The Morgan fingerprint density at radius 3 is 1.60 bits per heavy atom. The molecule has 0 saturated carbocycles. The molecule has 8 rings (SSSR count). The third-order valence-corrected chi connectivity index (χ3v) is 8.24. The first-order valence-corrected chi connectivity index (χ1v) is 18.3. The van der Waals surface area contributed by atoms with Gasteiger partial charge in [-0.1, -0.05) is 102 Å². The van der Waals surface area contributed by atoms with Gasteiger partial charge >= 0.3 is 28.4 Å². The molecular weight excluding hydrogens is 727 g/mol. The summed E-state index contributed by atoms with van der Waals surface area (Å²) in [6, 6.07) is 49.8. The summed E-state index contributed by atoms with van der Waals surface area (Å²) in [7, 11) is 0. The Labute approximate surface area is 328 Å². The van der Waals surface area contributed by atoms with Crippen molar-refractivity contribution in [3.8, 4) is 11.1 Å². The number of rotatable bonds is 0. The first kappa shape index (κ1) is 42.8. The Kier molecular flexibility index (Phi) is 17.5. The van der Waals surface area contributed by atoms with Crippen LogP contribution in [0.15, 0.2) is 133 Å². The number of benzene rings is 6. The Bertz CT molecular complexity index is 1720. The summed E-state index contributed by atoms with van der Waals surface area (Å²) in [5, 5.41) is 5.07. The predicted octanol–water partition coefficient (Wildman–Crippen LogP) is 13.0. The number of allylic oxidation sites excluding steroid dienone is 4. The molecule has 2 aliphatic carbocycles. The molecule has 0 nitrogen and oxygen atoms in total. The van der Waals surface area contributed by atoms with Gasteiger partial charge in [-0.2, -0.15) is 78.4 Å². The quantitative estimate of drug-likeness (QED) is 0.135. The van der Waals surface area contributed by atoms with Crippen LogP contribution >= 0.6 is 24.8 Å².